The van der Waals surface area contributed by atoms with Gasteiger partial charge >= 0.3 is 0 Å². The van der Waals surface area contributed by atoms with Crippen molar-refractivity contribution in [3.05, 3.63) is 12.2 Å². The van der Waals surface area contributed by atoms with Gasteiger partial charge in [-0.3, -0.25) is 4.90 Å². The van der Waals surface area contributed by atoms with Crippen LogP contribution >= 0.6 is 0 Å². The fourth-order valence-corrected chi connectivity index (χ4v) is 2.90. The summed E-state index contributed by atoms with van der Waals surface area (Å²) in [5, 5.41) is 12.5. The first-order valence-corrected chi connectivity index (χ1v) is 8.84. The first kappa shape index (κ1) is 17.6. The summed E-state index contributed by atoms with van der Waals surface area (Å²) in [7, 11) is 2.16. The van der Waals surface area contributed by atoms with Gasteiger partial charge in [-0.2, -0.15) is 15.2 Å². The van der Waals surface area contributed by atoms with Gasteiger partial charge in [-0.15, -0.1) is 0 Å². The van der Waals surface area contributed by atoms with Crippen molar-refractivity contribution in [1.82, 2.24) is 29.3 Å². The minimum atomic E-state index is 0.181. The lowest BCUT2D eigenvalue weighted by Gasteiger charge is -2.32. The number of imidazole rings is 1. The van der Waals surface area contributed by atoms with E-state index in [-0.39, 0.29) is 5.82 Å². The number of nitriles is 1. The van der Waals surface area contributed by atoms with Crippen molar-refractivity contribution >= 4 is 17.0 Å². The Balaban J connectivity index is 1.77. The summed E-state index contributed by atoms with van der Waals surface area (Å²) in [5.74, 6) is 1.31. The highest BCUT2D eigenvalue weighted by atomic mass is 15.3. The van der Waals surface area contributed by atoms with Crippen molar-refractivity contribution in [3.63, 3.8) is 0 Å². The van der Waals surface area contributed by atoms with Crippen molar-refractivity contribution in [2.45, 2.75) is 20.4 Å². The molecule has 0 radical (unpaired) electrons. The normalized spacial score (nSPS) is 16.4. The lowest BCUT2D eigenvalue weighted by molar-refractivity contribution is 0.150. The first-order chi connectivity index (χ1) is 12.1. The predicted octanol–water partition coefficient (Wildman–Crippen LogP) is 1.01. The van der Waals surface area contributed by atoms with Crippen molar-refractivity contribution in [1.29, 1.82) is 5.26 Å². The molecule has 2 aromatic rings. The summed E-state index contributed by atoms with van der Waals surface area (Å²) in [4.78, 5) is 18.0. The third-order valence-electron chi connectivity index (χ3n) is 4.49. The molecular weight excluding hydrogens is 316 g/mol. The Hall–Kier alpha value is -2.24. The zero-order valence-electron chi connectivity index (χ0n) is 15.2. The number of nitrogens with zero attached hydrogens (tertiary/aromatic N) is 7. The lowest BCUT2D eigenvalue weighted by atomic mass is 10.2. The van der Waals surface area contributed by atoms with E-state index in [2.05, 4.69) is 57.0 Å². The van der Waals surface area contributed by atoms with E-state index in [1.54, 1.807) is 6.33 Å². The Morgan fingerprint density at radius 2 is 1.96 bits per heavy atom. The molecule has 3 heterocycles. The van der Waals surface area contributed by atoms with Gasteiger partial charge in [0.25, 0.3) is 0 Å². The average molecular weight is 342 g/mol. The van der Waals surface area contributed by atoms with Gasteiger partial charge in [-0.1, -0.05) is 13.8 Å². The van der Waals surface area contributed by atoms with E-state index in [9.17, 15) is 5.26 Å². The van der Waals surface area contributed by atoms with E-state index in [4.69, 9.17) is 0 Å². The second-order valence-electron chi connectivity index (χ2n) is 7.04. The zero-order chi connectivity index (χ0) is 17.8. The summed E-state index contributed by atoms with van der Waals surface area (Å²) < 4.78 is 2.02. The van der Waals surface area contributed by atoms with Crippen LogP contribution in [0.15, 0.2) is 6.33 Å². The summed E-state index contributed by atoms with van der Waals surface area (Å²) >= 11 is 0. The smallest absolute Gasteiger partial charge is 0.236 e. The molecule has 0 unspecified atom stereocenters. The number of hydrogen-bond donors (Lipinski definition) is 1. The molecule has 0 bridgehead atoms. The highest BCUT2D eigenvalue weighted by Crippen LogP contribution is 2.19. The quantitative estimate of drug-likeness (QED) is 0.838. The Bertz CT molecular complexity index is 752. The molecule has 1 aliphatic heterocycles. The zero-order valence-corrected chi connectivity index (χ0v) is 15.2. The molecule has 0 atom stereocenters. The van der Waals surface area contributed by atoms with Gasteiger partial charge in [-0.05, 0) is 13.0 Å². The monoisotopic (exact) mass is 342 g/mol. The van der Waals surface area contributed by atoms with Gasteiger partial charge in [0.15, 0.2) is 17.0 Å². The van der Waals surface area contributed by atoms with E-state index >= 15 is 0 Å². The van der Waals surface area contributed by atoms with E-state index < -0.39 is 0 Å². The van der Waals surface area contributed by atoms with Crippen LogP contribution in [0.4, 0.5) is 5.82 Å². The maximum Gasteiger partial charge on any atom is 0.236 e. The van der Waals surface area contributed by atoms with Crippen LogP contribution in [0, 0.1) is 17.2 Å². The summed E-state index contributed by atoms with van der Waals surface area (Å²) in [6.45, 7) is 11.2. The summed E-state index contributed by atoms with van der Waals surface area (Å²) in [6.07, 6.45) is 1.80. The minimum Gasteiger partial charge on any atom is -0.368 e. The number of aromatic nitrogens is 4. The maximum absolute atomic E-state index is 9.24. The van der Waals surface area contributed by atoms with Gasteiger partial charge in [-0.25, -0.2) is 4.98 Å². The number of likely N-dealkylation sites (N-methyl/N-ethyl adjacent to an activating group) is 1. The Morgan fingerprint density at radius 3 is 2.64 bits per heavy atom. The van der Waals surface area contributed by atoms with Crippen molar-refractivity contribution in [2.24, 2.45) is 5.92 Å². The van der Waals surface area contributed by atoms with E-state index in [0.717, 1.165) is 57.0 Å². The van der Waals surface area contributed by atoms with Crippen LogP contribution in [-0.4, -0.2) is 75.6 Å². The maximum atomic E-state index is 9.24. The Kier molecular flexibility index (Phi) is 5.46. The van der Waals surface area contributed by atoms with Crippen molar-refractivity contribution < 1.29 is 0 Å². The molecule has 25 heavy (non-hydrogen) atoms. The Labute approximate surface area is 148 Å². The average Bonchev–Trinajstić information content (AvgIpc) is 3.02. The van der Waals surface area contributed by atoms with E-state index in [1.165, 1.54) is 0 Å². The van der Waals surface area contributed by atoms with Crippen LogP contribution in [0.25, 0.3) is 11.2 Å². The summed E-state index contributed by atoms with van der Waals surface area (Å²) in [6, 6.07) is 2.06. The molecule has 8 nitrogen and oxygen atoms in total. The van der Waals surface area contributed by atoms with Gasteiger partial charge in [0.2, 0.25) is 5.82 Å². The van der Waals surface area contributed by atoms with Crippen LogP contribution in [0.5, 0.6) is 0 Å². The second-order valence-corrected chi connectivity index (χ2v) is 7.04. The van der Waals surface area contributed by atoms with Crippen LogP contribution in [-0.2, 0) is 6.54 Å². The van der Waals surface area contributed by atoms with Crippen molar-refractivity contribution in [3.8, 4) is 6.07 Å². The van der Waals surface area contributed by atoms with Crippen molar-refractivity contribution in [2.75, 3.05) is 51.6 Å². The number of rotatable bonds is 6. The van der Waals surface area contributed by atoms with Crippen LogP contribution in [0.3, 0.4) is 0 Å². The van der Waals surface area contributed by atoms with Gasteiger partial charge in [0, 0.05) is 45.8 Å². The summed E-state index contributed by atoms with van der Waals surface area (Å²) in [5.41, 5.74) is 1.46. The first-order valence-electron chi connectivity index (χ1n) is 8.84. The molecule has 0 aliphatic carbocycles. The molecule has 3 rings (SSSR count). The lowest BCUT2D eigenvalue weighted by Crippen LogP contribution is -2.45. The number of hydrogen-bond acceptors (Lipinski definition) is 7. The Morgan fingerprint density at radius 1 is 1.20 bits per heavy atom. The standard InChI is InChI=1S/C17H26N8/c1-13(2)11-19-16-15-17(22-14(10-18)21-16)25(12-20-15)9-8-24-6-4-23(3)5-7-24/h12-13H,4-9,11H2,1-3H3,(H,19,21,22). The molecule has 2 aromatic heterocycles. The number of fused-ring (bicyclic) bond motifs is 1. The van der Waals surface area contributed by atoms with Crippen LogP contribution in [0.2, 0.25) is 0 Å². The molecule has 1 fully saturated rings. The molecule has 0 spiro atoms. The van der Waals surface area contributed by atoms with E-state index in [1.807, 2.05) is 4.57 Å². The molecule has 8 heteroatoms. The largest absolute Gasteiger partial charge is 0.368 e. The van der Waals surface area contributed by atoms with Gasteiger partial charge < -0.3 is 14.8 Å². The fourth-order valence-electron chi connectivity index (χ4n) is 2.90. The number of anilines is 1. The number of piperazine rings is 1. The molecule has 0 aromatic carbocycles. The second kappa shape index (κ2) is 7.76. The fraction of sp³-hybridized carbons (Fsp3) is 0.647. The highest BCUT2D eigenvalue weighted by Gasteiger charge is 2.16. The topological polar surface area (TPSA) is 85.9 Å². The SMILES string of the molecule is CC(C)CNc1nc(C#N)nc2c1ncn2CCN1CCN(C)CC1. The number of nitrogens with one attached hydrogen (secondary N) is 1. The molecule has 0 amide bonds. The molecule has 1 saturated heterocycles. The third kappa shape index (κ3) is 4.24. The van der Waals surface area contributed by atoms with Gasteiger partial charge in [0.1, 0.15) is 6.07 Å². The van der Waals surface area contributed by atoms with Crippen LogP contribution < -0.4 is 5.32 Å². The minimum absolute atomic E-state index is 0.181. The highest BCUT2D eigenvalue weighted by molar-refractivity contribution is 5.83. The molecular formula is C17H26N8. The predicted molar refractivity (Wildman–Crippen MR) is 97.3 cm³/mol. The molecule has 1 N–H and O–H groups in total. The van der Waals surface area contributed by atoms with E-state index in [0.29, 0.717) is 11.7 Å². The third-order valence-corrected chi connectivity index (χ3v) is 4.49. The molecule has 1 aliphatic rings. The van der Waals surface area contributed by atoms with Crippen LogP contribution in [0.1, 0.15) is 19.7 Å². The molecule has 0 saturated carbocycles. The van der Waals surface area contributed by atoms with Gasteiger partial charge in [0.05, 0.1) is 6.33 Å². The molecule has 134 valence electrons.